The molecule has 1 heterocycles. The molecule has 1 amide bonds. The first-order valence-electron chi connectivity index (χ1n) is 7.39. The largest absolute Gasteiger partial charge is 0.496 e. The van der Waals surface area contributed by atoms with E-state index < -0.39 is 4.92 Å². The number of nitro benzene ring substituents is 1. The number of nitrogens with one attached hydrogen (secondary N) is 2. The van der Waals surface area contributed by atoms with Crippen LogP contribution >= 0.6 is 0 Å². The molecule has 0 aliphatic carbocycles. The molecule has 1 unspecified atom stereocenters. The van der Waals surface area contributed by atoms with Gasteiger partial charge in [-0.15, -0.1) is 0 Å². The van der Waals surface area contributed by atoms with Crippen molar-refractivity contribution >= 4 is 11.6 Å². The van der Waals surface area contributed by atoms with Crippen molar-refractivity contribution in [1.29, 1.82) is 0 Å². The number of non-ortho nitro benzene ring substituents is 1. The number of hydrogen-bond acceptors (Lipinski definition) is 5. The van der Waals surface area contributed by atoms with E-state index in [-0.39, 0.29) is 18.1 Å². The van der Waals surface area contributed by atoms with Crippen LogP contribution in [0.1, 0.15) is 24.8 Å². The maximum absolute atomic E-state index is 11.9. The topological polar surface area (TPSA) is 93.5 Å². The molecule has 1 aromatic carbocycles. The summed E-state index contributed by atoms with van der Waals surface area (Å²) in [6.07, 6.45) is 2.46. The van der Waals surface area contributed by atoms with Crippen molar-refractivity contribution in [1.82, 2.24) is 10.6 Å². The molecule has 0 saturated carbocycles. The molecule has 0 radical (unpaired) electrons. The lowest BCUT2D eigenvalue weighted by atomic mass is 10.0. The molecule has 22 heavy (non-hydrogen) atoms. The molecular weight excluding hydrogens is 286 g/mol. The molecule has 120 valence electrons. The first-order valence-corrected chi connectivity index (χ1v) is 7.39. The van der Waals surface area contributed by atoms with Crippen molar-refractivity contribution in [3.05, 3.63) is 33.9 Å². The van der Waals surface area contributed by atoms with Gasteiger partial charge in [0.15, 0.2) is 0 Å². The first kappa shape index (κ1) is 16.2. The molecular formula is C15H21N3O4. The zero-order valence-electron chi connectivity index (χ0n) is 12.6. The summed E-state index contributed by atoms with van der Waals surface area (Å²) in [5, 5.41) is 16.9. The fourth-order valence-electron chi connectivity index (χ4n) is 2.59. The van der Waals surface area contributed by atoms with E-state index in [9.17, 15) is 14.9 Å². The molecule has 0 bridgehead atoms. The number of hydrogen-bond donors (Lipinski definition) is 2. The third kappa shape index (κ3) is 4.42. The minimum Gasteiger partial charge on any atom is -0.496 e. The Hall–Kier alpha value is -2.15. The number of ether oxygens (including phenoxy) is 1. The van der Waals surface area contributed by atoms with Crippen LogP contribution in [0.5, 0.6) is 5.75 Å². The number of benzene rings is 1. The van der Waals surface area contributed by atoms with E-state index in [1.54, 1.807) is 6.07 Å². The summed E-state index contributed by atoms with van der Waals surface area (Å²) in [7, 11) is 1.50. The van der Waals surface area contributed by atoms with Gasteiger partial charge in [-0.3, -0.25) is 14.9 Å². The zero-order valence-corrected chi connectivity index (χ0v) is 12.6. The second-order valence-corrected chi connectivity index (χ2v) is 5.43. The second-order valence-electron chi connectivity index (χ2n) is 5.43. The van der Waals surface area contributed by atoms with Crippen molar-refractivity contribution in [2.75, 3.05) is 20.2 Å². The Balaban J connectivity index is 1.87. The molecule has 7 nitrogen and oxygen atoms in total. The highest BCUT2D eigenvalue weighted by Gasteiger charge is 2.16. The van der Waals surface area contributed by atoms with Gasteiger partial charge in [0.05, 0.1) is 12.0 Å². The zero-order chi connectivity index (χ0) is 15.9. The lowest BCUT2D eigenvalue weighted by Gasteiger charge is -2.11. The van der Waals surface area contributed by atoms with Gasteiger partial charge < -0.3 is 15.4 Å². The SMILES string of the molecule is COc1ccc([N+](=O)[O-])cc1CNC(=O)CCC1CCNC1. The summed E-state index contributed by atoms with van der Waals surface area (Å²) < 4.78 is 5.17. The van der Waals surface area contributed by atoms with E-state index in [0.717, 1.165) is 25.9 Å². The van der Waals surface area contributed by atoms with Crippen molar-refractivity contribution in [2.45, 2.75) is 25.8 Å². The number of rotatable bonds is 7. The van der Waals surface area contributed by atoms with E-state index in [2.05, 4.69) is 10.6 Å². The third-order valence-electron chi connectivity index (χ3n) is 3.89. The molecule has 2 N–H and O–H groups in total. The fraction of sp³-hybridized carbons (Fsp3) is 0.533. The maximum Gasteiger partial charge on any atom is 0.270 e. The van der Waals surface area contributed by atoms with Gasteiger partial charge in [-0.2, -0.15) is 0 Å². The highest BCUT2D eigenvalue weighted by atomic mass is 16.6. The summed E-state index contributed by atoms with van der Waals surface area (Å²) in [5.74, 6) is 1.06. The van der Waals surface area contributed by atoms with Crippen LogP contribution in [0.3, 0.4) is 0 Å². The van der Waals surface area contributed by atoms with E-state index in [0.29, 0.717) is 23.7 Å². The summed E-state index contributed by atoms with van der Waals surface area (Å²) in [5.41, 5.74) is 0.592. The number of nitro groups is 1. The van der Waals surface area contributed by atoms with Crippen LogP contribution in [0.15, 0.2) is 18.2 Å². The van der Waals surface area contributed by atoms with Gasteiger partial charge in [0.1, 0.15) is 5.75 Å². The van der Waals surface area contributed by atoms with E-state index in [1.165, 1.54) is 19.2 Å². The maximum atomic E-state index is 11.9. The molecule has 1 aliphatic rings. The Bertz CT molecular complexity index is 542. The van der Waals surface area contributed by atoms with Crippen molar-refractivity contribution in [2.24, 2.45) is 5.92 Å². The molecule has 0 spiro atoms. The Kier molecular flexibility index (Phi) is 5.71. The quantitative estimate of drug-likeness (QED) is 0.589. The number of amides is 1. The predicted molar refractivity (Wildman–Crippen MR) is 81.7 cm³/mol. The summed E-state index contributed by atoms with van der Waals surface area (Å²) in [4.78, 5) is 22.2. The first-order chi connectivity index (χ1) is 10.6. The van der Waals surface area contributed by atoms with Gasteiger partial charge in [0.25, 0.3) is 5.69 Å². The lowest BCUT2D eigenvalue weighted by molar-refractivity contribution is -0.384. The minimum atomic E-state index is -0.460. The van der Waals surface area contributed by atoms with Crippen molar-refractivity contribution < 1.29 is 14.5 Å². The molecule has 0 aromatic heterocycles. The Labute approximate surface area is 129 Å². The summed E-state index contributed by atoms with van der Waals surface area (Å²) in [6, 6.07) is 4.36. The average molecular weight is 307 g/mol. The van der Waals surface area contributed by atoms with Crippen molar-refractivity contribution in [3.8, 4) is 5.75 Å². The van der Waals surface area contributed by atoms with Crippen molar-refractivity contribution in [3.63, 3.8) is 0 Å². The number of methoxy groups -OCH3 is 1. The molecule has 7 heteroatoms. The summed E-state index contributed by atoms with van der Waals surface area (Å²) in [6.45, 7) is 2.23. The van der Waals surface area contributed by atoms with Gasteiger partial charge in [0, 0.05) is 30.7 Å². The van der Waals surface area contributed by atoms with Crippen LogP contribution in [-0.2, 0) is 11.3 Å². The van der Waals surface area contributed by atoms with E-state index >= 15 is 0 Å². The minimum absolute atomic E-state index is 0.0120. The molecule has 1 fully saturated rings. The molecule has 1 aromatic rings. The Morgan fingerprint density at radius 2 is 2.36 bits per heavy atom. The van der Waals surface area contributed by atoms with Gasteiger partial charge in [0.2, 0.25) is 5.91 Å². The number of carbonyl (C=O) groups is 1. The van der Waals surface area contributed by atoms with Gasteiger partial charge >= 0.3 is 0 Å². The van der Waals surface area contributed by atoms with Crippen LogP contribution in [0.4, 0.5) is 5.69 Å². The standard InChI is InChI=1S/C15H21N3O4/c1-22-14-4-3-13(18(20)21)8-12(14)10-17-15(19)5-2-11-6-7-16-9-11/h3-4,8,11,16H,2,5-7,9-10H2,1H3,(H,17,19). The second kappa shape index (κ2) is 7.74. The number of carbonyl (C=O) groups excluding carboxylic acids is 1. The van der Waals surface area contributed by atoms with E-state index in [4.69, 9.17) is 4.74 Å². The Morgan fingerprint density at radius 3 is 3.00 bits per heavy atom. The molecule has 1 aliphatic heterocycles. The van der Waals surface area contributed by atoms with Gasteiger partial charge in [-0.25, -0.2) is 0 Å². The Morgan fingerprint density at radius 1 is 1.55 bits per heavy atom. The highest BCUT2D eigenvalue weighted by Crippen LogP contribution is 2.24. The fourth-order valence-corrected chi connectivity index (χ4v) is 2.59. The van der Waals surface area contributed by atoms with Gasteiger partial charge in [-0.05, 0) is 37.9 Å². The average Bonchev–Trinajstić information content (AvgIpc) is 3.03. The third-order valence-corrected chi connectivity index (χ3v) is 3.89. The van der Waals surface area contributed by atoms with E-state index in [1.807, 2.05) is 0 Å². The van der Waals surface area contributed by atoms with Crippen LogP contribution in [-0.4, -0.2) is 31.0 Å². The predicted octanol–water partition coefficient (Wildman–Crippen LogP) is 1.61. The normalized spacial score (nSPS) is 17.2. The van der Waals surface area contributed by atoms with Gasteiger partial charge in [-0.1, -0.05) is 0 Å². The van der Waals surface area contributed by atoms with Crippen LogP contribution in [0.2, 0.25) is 0 Å². The van der Waals surface area contributed by atoms with Crippen LogP contribution in [0, 0.1) is 16.0 Å². The monoisotopic (exact) mass is 307 g/mol. The highest BCUT2D eigenvalue weighted by molar-refractivity contribution is 5.76. The molecule has 2 rings (SSSR count). The lowest BCUT2D eigenvalue weighted by Crippen LogP contribution is -2.23. The van der Waals surface area contributed by atoms with Crippen LogP contribution < -0.4 is 15.4 Å². The molecule has 1 atom stereocenters. The smallest absolute Gasteiger partial charge is 0.270 e. The summed E-state index contributed by atoms with van der Waals surface area (Å²) >= 11 is 0. The molecule has 1 saturated heterocycles. The number of nitrogens with zero attached hydrogens (tertiary/aromatic N) is 1. The van der Waals surface area contributed by atoms with Crippen LogP contribution in [0.25, 0.3) is 0 Å².